The largest absolute Gasteiger partial charge is 0.504 e. The molecule has 0 amide bonds. The fraction of sp³-hybridized carbons (Fsp3) is 1.00. The van der Waals surface area contributed by atoms with Crippen molar-refractivity contribution in [1.82, 2.24) is 0 Å². The lowest BCUT2D eigenvalue weighted by Gasteiger charge is -2.33. The molecule has 0 radical (unpaired) electrons. The molecule has 6 heteroatoms. The summed E-state index contributed by atoms with van der Waals surface area (Å²) in [4.78, 5) is 0. The lowest BCUT2D eigenvalue weighted by Crippen LogP contribution is -2.49. The van der Waals surface area contributed by atoms with E-state index in [1.165, 1.54) is 0 Å². The summed E-state index contributed by atoms with van der Waals surface area (Å²) in [5.41, 5.74) is 0.243. The van der Waals surface area contributed by atoms with Crippen molar-refractivity contribution in [1.29, 1.82) is 0 Å². The number of ether oxygens (including phenoxy) is 2. The normalized spacial score (nSPS) is 20.5. The Morgan fingerprint density at radius 1 is 1.11 bits per heavy atom. The molecule has 0 N–H and O–H groups in total. The minimum atomic E-state index is -2.57. The number of epoxide rings is 1. The summed E-state index contributed by atoms with van der Waals surface area (Å²) >= 11 is 0. The molecule has 0 spiro atoms. The van der Waals surface area contributed by atoms with Crippen molar-refractivity contribution >= 4 is 8.80 Å². The van der Waals surface area contributed by atoms with Gasteiger partial charge in [-0.05, 0) is 27.2 Å². The van der Waals surface area contributed by atoms with Crippen LogP contribution in [-0.2, 0) is 22.8 Å². The van der Waals surface area contributed by atoms with Crippen molar-refractivity contribution < 1.29 is 22.8 Å². The third-order valence-corrected chi connectivity index (χ3v) is 6.61. The molecule has 0 aromatic carbocycles. The third-order valence-electron chi connectivity index (χ3n) is 3.04. The van der Waals surface area contributed by atoms with Crippen molar-refractivity contribution in [2.75, 3.05) is 39.6 Å². The smallest absolute Gasteiger partial charge is 0.379 e. The van der Waals surface area contributed by atoms with E-state index in [0.29, 0.717) is 39.1 Å². The number of hydrogen-bond acceptors (Lipinski definition) is 5. The maximum atomic E-state index is 5.88. The van der Waals surface area contributed by atoms with Gasteiger partial charge in [-0.15, -0.1) is 0 Å². The van der Waals surface area contributed by atoms with E-state index in [4.69, 9.17) is 22.8 Å². The molecule has 19 heavy (non-hydrogen) atoms. The van der Waals surface area contributed by atoms with Gasteiger partial charge in [0.1, 0.15) is 6.10 Å². The van der Waals surface area contributed by atoms with Gasteiger partial charge in [-0.3, -0.25) is 0 Å². The van der Waals surface area contributed by atoms with Crippen LogP contribution in [0.1, 0.15) is 34.1 Å². The van der Waals surface area contributed by atoms with E-state index in [2.05, 4.69) is 6.92 Å². The van der Waals surface area contributed by atoms with E-state index in [9.17, 15) is 0 Å². The topological polar surface area (TPSA) is 49.5 Å². The zero-order chi connectivity index (χ0) is 14.1. The van der Waals surface area contributed by atoms with E-state index >= 15 is 0 Å². The van der Waals surface area contributed by atoms with Gasteiger partial charge in [0.25, 0.3) is 0 Å². The van der Waals surface area contributed by atoms with Crippen LogP contribution in [0.2, 0.25) is 5.54 Å². The van der Waals surface area contributed by atoms with E-state index in [-0.39, 0.29) is 5.54 Å². The molecule has 0 bridgehead atoms. The molecule has 2 unspecified atom stereocenters. The Kier molecular flexibility index (Phi) is 8.13. The molecule has 114 valence electrons. The molecule has 0 saturated carbocycles. The van der Waals surface area contributed by atoms with Crippen LogP contribution < -0.4 is 0 Å². The maximum absolute atomic E-state index is 5.88. The highest BCUT2D eigenvalue weighted by atomic mass is 28.4. The first-order valence-corrected chi connectivity index (χ1v) is 9.09. The minimum absolute atomic E-state index is 0.243. The molecule has 1 rings (SSSR count). The van der Waals surface area contributed by atoms with E-state index in [1.807, 2.05) is 20.8 Å². The van der Waals surface area contributed by atoms with Crippen molar-refractivity contribution in [2.24, 2.45) is 0 Å². The average molecular weight is 292 g/mol. The fourth-order valence-electron chi connectivity index (χ4n) is 1.97. The van der Waals surface area contributed by atoms with Crippen molar-refractivity contribution in [3.05, 3.63) is 0 Å². The molecule has 0 aromatic rings. The van der Waals surface area contributed by atoms with Gasteiger partial charge in [0.05, 0.1) is 13.2 Å². The van der Waals surface area contributed by atoms with Crippen molar-refractivity contribution in [3.8, 4) is 0 Å². The summed E-state index contributed by atoms with van der Waals surface area (Å²) in [7, 11) is -2.57. The van der Waals surface area contributed by atoms with Gasteiger partial charge in [0, 0.05) is 32.0 Å². The lowest BCUT2D eigenvalue weighted by molar-refractivity contribution is 0.0539. The van der Waals surface area contributed by atoms with Crippen LogP contribution in [0.5, 0.6) is 0 Å². The second kappa shape index (κ2) is 9.04. The van der Waals surface area contributed by atoms with Gasteiger partial charge in [-0.2, -0.15) is 0 Å². The highest BCUT2D eigenvalue weighted by Crippen LogP contribution is 2.28. The predicted molar refractivity (Wildman–Crippen MR) is 75.2 cm³/mol. The van der Waals surface area contributed by atoms with Crippen LogP contribution in [0, 0.1) is 0 Å². The van der Waals surface area contributed by atoms with Gasteiger partial charge in [0.2, 0.25) is 0 Å². The van der Waals surface area contributed by atoms with Crippen molar-refractivity contribution in [2.45, 2.75) is 45.8 Å². The number of hydrogen-bond donors (Lipinski definition) is 0. The molecule has 1 aliphatic heterocycles. The van der Waals surface area contributed by atoms with Crippen LogP contribution in [0.4, 0.5) is 0 Å². The highest BCUT2D eigenvalue weighted by molar-refractivity contribution is 6.62. The van der Waals surface area contributed by atoms with Crippen LogP contribution in [-0.4, -0.2) is 54.5 Å². The molecule has 1 fully saturated rings. The summed E-state index contributed by atoms with van der Waals surface area (Å²) in [6, 6.07) is 0. The SMILES string of the molecule is CCO[Si](OCC)(OCC)C(C)CCOCC1CO1. The van der Waals surface area contributed by atoms with Gasteiger partial charge >= 0.3 is 8.80 Å². The molecule has 1 saturated heterocycles. The maximum Gasteiger partial charge on any atom is 0.504 e. The first kappa shape index (κ1) is 17.1. The molecule has 0 aromatic heterocycles. The standard InChI is InChI=1S/C13H28O5Si/c1-5-16-19(17-6-2,18-7-3)12(4)8-9-14-10-13-11-15-13/h12-13H,5-11H2,1-4H3. The fourth-order valence-corrected chi connectivity index (χ4v) is 4.75. The zero-order valence-corrected chi connectivity index (χ0v) is 13.6. The van der Waals surface area contributed by atoms with Gasteiger partial charge in [-0.25, -0.2) is 0 Å². The first-order chi connectivity index (χ1) is 9.18. The molecule has 1 heterocycles. The minimum Gasteiger partial charge on any atom is -0.379 e. The highest BCUT2D eigenvalue weighted by Gasteiger charge is 2.46. The summed E-state index contributed by atoms with van der Waals surface area (Å²) in [6.07, 6.45) is 1.21. The summed E-state index contributed by atoms with van der Waals surface area (Å²) in [6.45, 7) is 12.2. The Bertz CT molecular complexity index is 218. The van der Waals surface area contributed by atoms with Crippen LogP contribution in [0.3, 0.4) is 0 Å². The summed E-state index contributed by atoms with van der Waals surface area (Å²) in [5, 5.41) is 0. The molecular weight excluding hydrogens is 264 g/mol. The molecule has 2 atom stereocenters. The Morgan fingerprint density at radius 3 is 2.05 bits per heavy atom. The van der Waals surface area contributed by atoms with Crippen LogP contribution in [0.25, 0.3) is 0 Å². The Balaban J connectivity index is 2.39. The van der Waals surface area contributed by atoms with E-state index < -0.39 is 8.80 Å². The summed E-state index contributed by atoms with van der Waals surface area (Å²) in [5.74, 6) is 0. The second-order valence-corrected chi connectivity index (χ2v) is 7.68. The third kappa shape index (κ3) is 5.89. The quantitative estimate of drug-likeness (QED) is 0.314. The summed E-state index contributed by atoms with van der Waals surface area (Å²) < 4.78 is 28.3. The van der Waals surface area contributed by atoms with Gasteiger partial charge in [0.15, 0.2) is 0 Å². The molecular formula is C13H28O5Si. The van der Waals surface area contributed by atoms with Gasteiger partial charge < -0.3 is 22.8 Å². The average Bonchev–Trinajstić information content (AvgIpc) is 3.19. The zero-order valence-electron chi connectivity index (χ0n) is 12.6. The first-order valence-electron chi connectivity index (χ1n) is 7.29. The molecule has 0 aliphatic carbocycles. The van der Waals surface area contributed by atoms with E-state index in [1.54, 1.807) is 0 Å². The Labute approximate surface area is 117 Å². The Morgan fingerprint density at radius 2 is 1.63 bits per heavy atom. The van der Waals surface area contributed by atoms with Gasteiger partial charge in [-0.1, -0.05) is 6.92 Å². The lowest BCUT2D eigenvalue weighted by atomic mass is 10.3. The van der Waals surface area contributed by atoms with Crippen LogP contribution in [0.15, 0.2) is 0 Å². The van der Waals surface area contributed by atoms with Crippen LogP contribution >= 0.6 is 0 Å². The Hall–Kier alpha value is 0.0169. The monoisotopic (exact) mass is 292 g/mol. The van der Waals surface area contributed by atoms with Crippen molar-refractivity contribution in [3.63, 3.8) is 0 Å². The molecule has 1 aliphatic rings. The predicted octanol–water partition coefficient (Wildman–Crippen LogP) is 2.23. The number of rotatable bonds is 12. The second-order valence-electron chi connectivity index (χ2n) is 4.62. The van der Waals surface area contributed by atoms with E-state index in [0.717, 1.165) is 13.0 Å². The molecule has 5 nitrogen and oxygen atoms in total.